The van der Waals surface area contributed by atoms with E-state index in [-0.39, 0.29) is 11.7 Å². The molecule has 0 saturated heterocycles. The molecule has 2 aromatic rings. The summed E-state index contributed by atoms with van der Waals surface area (Å²) in [6.07, 6.45) is 8.60. The Morgan fingerprint density at radius 3 is 3.19 bits per heavy atom. The summed E-state index contributed by atoms with van der Waals surface area (Å²) in [7, 11) is 1.79. The molecule has 2 aromatic heterocycles. The summed E-state index contributed by atoms with van der Waals surface area (Å²) >= 11 is 0. The molecule has 0 fully saturated rings. The van der Waals surface area contributed by atoms with E-state index in [9.17, 15) is 9.90 Å². The van der Waals surface area contributed by atoms with Gasteiger partial charge in [0.25, 0.3) is 5.91 Å². The minimum atomic E-state index is -0.116. The van der Waals surface area contributed by atoms with Crippen molar-refractivity contribution in [1.29, 1.82) is 0 Å². The summed E-state index contributed by atoms with van der Waals surface area (Å²) in [4.78, 5) is 22.2. The van der Waals surface area contributed by atoms with Crippen molar-refractivity contribution in [3.05, 3.63) is 42.2 Å². The van der Waals surface area contributed by atoms with E-state index < -0.39 is 0 Å². The number of nitrogens with zero attached hydrogens (tertiary/aromatic N) is 4. The molecule has 0 spiro atoms. The fourth-order valence-electron chi connectivity index (χ4n) is 2.82. The normalized spacial score (nSPS) is 17.3. The number of carbonyl (C=O) groups is 1. The number of aromatic nitrogens is 3. The number of imidazole rings is 1. The van der Waals surface area contributed by atoms with Crippen LogP contribution in [0.1, 0.15) is 22.6 Å². The van der Waals surface area contributed by atoms with Crippen LogP contribution in [0.25, 0.3) is 0 Å². The largest absolute Gasteiger partial charge is 0.506 e. The number of hydrogen-bond acceptors (Lipinski definition) is 4. The first-order chi connectivity index (χ1) is 10.1. The summed E-state index contributed by atoms with van der Waals surface area (Å²) in [5, 5.41) is 9.41. The van der Waals surface area contributed by atoms with Crippen molar-refractivity contribution in [1.82, 2.24) is 19.4 Å². The van der Waals surface area contributed by atoms with Crippen molar-refractivity contribution in [2.75, 3.05) is 13.6 Å². The predicted molar refractivity (Wildman–Crippen MR) is 76.9 cm³/mol. The van der Waals surface area contributed by atoms with Crippen molar-refractivity contribution in [2.45, 2.75) is 19.4 Å². The Bertz CT molecular complexity index is 653. The van der Waals surface area contributed by atoms with Crippen LogP contribution < -0.4 is 0 Å². The second-order valence-corrected chi connectivity index (χ2v) is 5.52. The van der Waals surface area contributed by atoms with E-state index in [1.807, 2.05) is 12.4 Å². The molecule has 3 rings (SSSR count). The van der Waals surface area contributed by atoms with Gasteiger partial charge < -0.3 is 14.6 Å². The van der Waals surface area contributed by atoms with Crippen molar-refractivity contribution in [2.24, 2.45) is 5.92 Å². The molecule has 3 heterocycles. The van der Waals surface area contributed by atoms with Gasteiger partial charge in [-0.2, -0.15) is 0 Å². The van der Waals surface area contributed by atoms with Crippen LogP contribution in [-0.2, 0) is 13.0 Å². The van der Waals surface area contributed by atoms with E-state index in [0.29, 0.717) is 18.0 Å². The Morgan fingerprint density at radius 2 is 2.38 bits per heavy atom. The summed E-state index contributed by atoms with van der Waals surface area (Å²) in [5.41, 5.74) is 0.414. The highest BCUT2D eigenvalue weighted by atomic mass is 16.3. The van der Waals surface area contributed by atoms with E-state index >= 15 is 0 Å². The van der Waals surface area contributed by atoms with Gasteiger partial charge in [0, 0.05) is 45.1 Å². The maximum absolute atomic E-state index is 12.3. The first-order valence-electron chi connectivity index (χ1n) is 7.03. The van der Waals surface area contributed by atoms with Gasteiger partial charge in [-0.3, -0.25) is 9.78 Å². The second kappa shape index (κ2) is 5.55. The highest BCUT2D eigenvalue weighted by Gasteiger charge is 2.22. The van der Waals surface area contributed by atoms with Gasteiger partial charge in [-0.25, -0.2) is 4.98 Å². The lowest BCUT2D eigenvalue weighted by Gasteiger charge is -2.28. The minimum absolute atomic E-state index is 0.00923. The van der Waals surface area contributed by atoms with E-state index in [1.54, 1.807) is 11.9 Å². The van der Waals surface area contributed by atoms with E-state index in [1.165, 1.54) is 18.5 Å². The topological polar surface area (TPSA) is 71.2 Å². The molecule has 0 radical (unpaired) electrons. The molecule has 110 valence electrons. The number of carbonyl (C=O) groups excluding carboxylic acids is 1. The van der Waals surface area contributed by atoms with Gasteiger partial charge in [0.15, 0.2) is 0 Å². The smallest absolute Gasteiger partial charge is 0.255 e. The van der Waals surface area contributed by atoms with Gasteiger partial charge in [0.1, 0.15) is 11.6 Å². The zero-order valence-corrected chi connectivity index (χ0v) is 11.9. The maximum Gasteiger partial charge on any atom is 0.255 e. The van der Waals surface area contributed by atoms with Crippen LogP contribution in [0.5, 0.6) is 5.75 Å². The van der Waals surface area contributed by atoms with Crippen LogP contribution in [0.4, 0.5) is 0 Å². The van der Waals surface area contributed by atoms with Gasteiger partial charge in [-0.15, -0.1) is 0 Å². The third-order valence-corrected chi connectivity index (χ3v) is 3.88. The Hall–Kier alpha value is -2.37. The Kier molecular flexibility index (Phi) is 3.60. The van der Waals surface area contributed by atoms with Crippen molar-refractivity contribution >= 4 is 5.91 Å². The molecule has 1 aliphatic heterocycles. The van der Waals surface area contributed by atoms with Crippen molar-refractivity contribution < 1.29 is 9.90 Å². The molecule has 21 heavy (non-hydrogen) atoms. The molecular formula is C15H18N4O2. The van der Waals surface area contributed by atoms with Crippen LogP contribution >= 0.6 is 0 Å². The van der Waals surface area contributed by atoms with E-state index in [0.717, 1.165) is 25.2 Å². The van der Waals surface area contributed by atoms with Gasteiger partial charge in [0.05, 0.1) is 11.8 Å². The molecular weight excluding hydrogens is 268 g/mol. The molecule has 6 nitrogen and oxygen atoms in total. The van der Waals surface area contributed by atoms with Crippen molar-refractivity contribution in [3.8, 4) is 5.75 Å². The summed E-state index contributed by atoms with van der Waals surface area (Å²) in [6, 6.07) is 1.45. The first kappa shape index (κ1) is 13.6. The second-order valence-electron chi connectivity index (χ2n) is 5.52. The quantitative estimate of drug-likeness (QED) is 0.923. The molecule has 0 aliphatic carbocycles. The van der Waals surface area contributed by atoms with Crippen LogP contribution in [0.2, 0.25) is 0 Å². The molecule has 1 atom stereocenters. The summed E-state index contributed by atoms with van der Waals surface area (Å²) in [5.74, 6) is 1.44. The van der Waals surface area contributed by atoms with Gasteiger partial charge in [-0.1, -0.05) is 0 Å². The average molecular weight is 286 g/mol. The Labute approximate surface area is 123 Å². The maximum atomic E-state index is 12.3. The molecule has 1 amide bonds. The zero-order chi connectivity index (χ0) is 14.8. The molecule has 0 aromatic carbocycles. The zero-order valence-electron chi connectivity index (χ0n) is 11.9. The standard InChI is InChI=1S/C15H18N4O2/c1-18(15(21)12-6-13(20)8-16-7-12)9-11-2-3-14-17-4-5-19(14)10-11/h4-8,11,20H,2-3,9-10H2,1H3/t11-/m0/s1. The lowest BCUT2D eigenvalue weighted by molar-refractivity contribution is 0.0759. The fraction of sp³-hybridized carbons (Fsp3) is 0.400. The fourth-order valence-corrected chi connectivity index (χ4v) is 2.82. The lowest BCUT2D eigenvalue weighted by atomic mass is 9.98. The lowest BCUT2D eigenvalue weighted by Crippen LogP contribution is -2.35. The first-order valence-corrected chi connectivity index (χ1v) is 7.03. The molecule has 6 heteroatoms. The molecule has 0 saturated carbocycles. The third-order valence-electron chi connectivity index (χ3n) is 3.88. The molecule has 0 unspecified atom stereocenters. The van der Waals surface area contributed by atoms with Gasteiger partial charge >= 0.3 is 0 Å². The van der Waals surface area contributed by atoms with Crippen LogP contribution in [0.3, 0.4) is 0 Å². The number of amides is 1. The number of aryl methyl sites for hydroxylation is 1. The summed E-state index contributed by atoms with van der Waals surface area (Å²) < 4.78 is 2.16. The van der Waals surface area contributed by atoms with E-state index in [2.05, 4.69) is 14.5 Å². The van der Waals surface area contributed by atoms with Gasteiger partial charge in [-0.05, 0) is 18.4 Å². The number of hydrogen-bond donors (Lipinski definition) is 1. The van der Waals surface area contributed by atoms with E-state index in [4.69, 9.17) is 0 Å². The molecule has 1 aliphatic rings. The average Bonchev–Trinajstić information content (AvgIpc) is 2.94. The molecule has 1 N–H and O–H groups in total. The highest BCUT2D eigenvalue weighted by Crippen LogP contribution is 2.20. The number of aromatic hydroxyl groups is 1. The minimum Gasteiger partial charge on any atom is -0.506 e. The monoisotopic (exact) mass is 286 g/mol. The number of rotatable bonds is 3. The number of fused-ring (bicyclic) bond motifs is 1. The highest BCUT2D eigenvalue weighted by molar-refractivity contribution is 5.94. The van der Waals surface area contributed by atoms with Crippen molar-refractivity contribution in [3.63, 3.8) is 0 Å². The van der Waals surface area contributed by atoms with Crippen LogP contribution in [0, 0.1) is 5.92 Å². The third kappa shape index (κ3) is 2.89. The predicted octanol–water partition coefficient (Wildman–Crippen LogP) is 1.32. The van der Waals surface area contributed by atoms with Crippen LogP contribution in [0.15, 0.2) is 30.9 Å². The molecule has 0 bridgehead atoms. The summed E-state index contributed by atoms with van der Waals surface area (Å²) in [6.45, 7) is 1.58. The Morgan fingerprint density at radius 1 is 1.52 bits per heavy atom. The number of pyridine rings is 1. The van der Waals surface area contributed by atoms with Crippen LogP contribution in [-0.4, -0.2) is 44.0 Å². The Balaban J connectivity index is 1.64. The SMILES string of the molecule is CN(C[C@@H]1CCc2nccn2C1)C(=O)c1cncc(O)c1. The van der Waals surface area contributed by atoms with Gasteiger partial charge in [0.2, 0.25) is 0 Å².